The first-order valence-electron chi connectivity index (χ1n) is 9.63. The van der Waals surface area contributed by atoms with E-state index in [1.807, 2.05) is 0 Å². The van der Waals surface area contributed by atoms with Gasteiger partial charge in [0.05, 0.1) is 15.5 Å². The average Bonchev–Trinajstić information content (AvgIpc) is 2.78. The first-order valence-corrected chi connectivity index (χ1v) is 11.4. The monoisotopic (exact) mass is 490 g/mol. The Bertz CT molecular complexity index is 1150. The van der Waals surface area contributed by atoms with Gasteiger partial charge in [-0.1, -0.05) is 17.7 Å². The highest BCUT2D eigenvalue weighted by Crippen LogP contribution is 2.38. The molecule has 0 radical (unpaired) electrons. The van der Waals surface area contributed by atoms with Crippen LogP contribution < -0.4 is 9.47 Å². The molecule has 12 heteroatoms. The third-order valence-electron chi connectivity index (χ3n) is 5.17. The van der Waals surface area contributed by atoms with E-state index in [1.165, 1.54) is 17.0 Å². The third kappa shape index (κ3) is 4.37. The Balaban J connectivity index is 1.47. The van der Waals surface area contributed by atoms with Gasteiger partial charge in [0.1, 0.15) is 13.2 Å². The normalized spacial score (nSPS) is 17.3. The number of alkyl halides is 3. The Morgan fingerprint density at radius 2 is 1.69 bits per heavy atom. The van der Waals surface area contributed by atoms with Gasteiger partial charge in [0.2, 0.25) is 10.0 Å². The number of halogens is 4. The van der Waals surface area contributed by atoms with E-state index in [-0.39, 0.29) is 42.7 Å². The number of nitrogens with zero attached hydrogens (tertiary/aromatic N) is 2. The molecule has 2 aromatic carbocycles. The lowest BCUT2D eigenvalue weighted by atomic mass is 10.1. The molecule has 0 saturated carbocycles. The molecule has 172 valence electrons. The smallest absolute Gasteiger partial charge is 0.416 e. The number of amides is 1. The zero-order chi connectivity index (χ0) is 23.1. The van der Waals surface area contributed by atoms with E-state index in [2.05, 4.69) is 0 Å². The van der Waals surface area contributed by atoms with Crippen molar-refractivity contribution < 1.29 is 35.9 Å². The lowest BCUT2D eigenvalue weighted by molar-refractivity contribution is -0.137. The van der Waals surface area contributed by atoms with Crippen LogP contribution in [0.15, 0.2) is 41.3 Å². The minimum Gasteiger partial charge on any atom is -0.486 e. The van der Waals surface area contributed by atoms with Gasteiger partial charge in [0.15, 0.2) is 11.5 Å². The number of hydrogen-bond acceptors (Lipinski definition) is 5. The number of ether oxygens (including phenoxy) is 2. The molecule has 2 aromatic rings. The van der Waals surface area contributed by atoms with Gasteiger partial charge in [0.25, 0.3) is 5.91 Å². The van der Waals surface area contributed by atoms with Crippen LogP contribution in [0.5, 0.6) is 11.5 Å². The van der Waals surface area contributed by atoms with Crippen LogP contribution in [0.3, 0.4) is 0 Å². The maximum atomic E-state index is 13.0. The van der Waals surface area contributed by atoms with Crippen molar-refractivity contribution in [1.29, 1.82) is 0 Å². The van der Waals surface area contributed by atoms with Crippen molar-refractivity contribution in [2.45, 2.75) is 11.1 Å². The third-order valence-corrected chi connectivity index (χ3v) is 7.34. The van der Waals surface area contributed by atoms with E-state index in [0.29, 0.717) is 30.8 Å². The van der Waals surface area contributed by atoms with Crippen molar-refractivity contribution in [3.05, 3.63) is 52.5 Å². The Labute approximate surface area is 187 Å². The van der Waals surface area contributed by atoms with Crippen LogP contribution in [-0.2, 0) is 16.2 Å². The van der Waals surface area contributed by atoms with Crippen molar-refractivity contribution in [3.63, 3.8) is 0 Å². The van der Waals surface area contributed by atoms with E-state index in [4.69, 9.17) is 21.1 Å². The second kappa shape index (κ2) is 8.45. The number of sulfonamides is 1. The molecular weight excluding hydrogens is 473 g/mol. The minimum atomic E-state index is -4.65. The summed E-state index contributed by atoms with van der Waals surface area (Å²) in [7, 11) is -4.14. The maximum Gasteiger partial charge on any atom is 0.416 e. The van der Waals surface area contributed by atoms with Crippen LogP contribution in [0.1, 0.15) is 15.9 Å². The van der Waals surface area contributed by atoms with Crippen LogP contribution >= 0.6 is 11.6 Å². The highest BCUT2D eigenvalue weighted by molar-refractivity contribution is 7.89. The van der Waals surface area contributed by atoms with Gasteiger partial charge in [-0.05, 0) is 30.3 Å². The number of piperazine rings is 1. The van der Waals surface area contributed by atoms with Crippen LogP contribution in [0.2, 0.25) is 5.02 Å². The molecule has 0 bridgehead atoms. The van der Waals surface area contributed by atoms with Crippen molar-refractivity contribution in [2.75, 3.05) is 39.4 Å². The fourth-order valence-corrected chi connectivity index (χ4v) is 5.26. The number of benzene rings is 2. The molecule has 7 nitrogen and oxygen atoms in total. The predicted molar refractivity (Wildman–Crippen MR) is 109 cm³/mol. The summed E-state index contributed by atoms with van der Waals surface area (Å²) in [6.45, 7) is 0.715. The van der Waals surface area contributed by atoms with E-state index in [0.717, 1.165) is 22.5 Å². The number of rotatable bonds is 3. The number of carbonyl (C=O) groups excluding carboxylic acids is 1. The first kappa shape index (κ1) is 22.7. The largest absolute Gasteiger partial charge is 0.486 e. The van der Waals surface area contributed by atoms with E-state index >= 15 is 0 Å². The second-order valence-electron chi connectivity index (χ2n) is 7.20. The Hall–Kier alpha value is -2.50. The zero-order valence-corrected chi connectivity index (χ0v) is 18.1. The Morgan fingerprint density at radius 1 is 1.00 bits per heavy atom. The molecule has 32 heavy (non-hydrogen) atoms. The molecule has 1 fully saturated rings. The van der Waals surface area contributed by atoms with Crippen LogP contribution in [0, 0.1) is 0 Å². The Morgan fingerprint density at radius 3 is 2.38 bits per heavy atom. The standard InChI is InChI=1S/C20H18ClF3N2O5S/c21-16-10-13(11-17-18(16)31-9-8-30-17)19(27)25-4-6-26(7-5-25)32(28,29)15-3-1-2-14(12-15)20(22,23)24/h1-3,10-12H,4-9H2. The van der Waals surface area contributed by atoms with E-state index in [1.54, 1.807) is 0 Å². The molecule has 2 aliphatic rings. The van der Waals surface area contributed by atoms with Crippen LogP contribution in [0.4, 0.5) is 13.2 Å². The number of fused-ring (bicyclic) bond motifs is 1. The van der Waals surface area contributed by atoms with Crippen molar-refractivity contribution in [2.24, 2.45) is 0 Å². The van der Waals surface area contributed by atoms with Gasteiger partial charge in [-0.2, -0.15) is 17.5 Å². The number of carbonyl (C=O) groups is 1. The van der Waals surface area contributed by atoms with Gasteiger partial charge >= 0.3 is 6.18 Å². The molecule has 0 N–H and O–H groups in total. The van der Waals surface area contributed by atoms with Crippen molar-refractivity contribution >= 4 is 27.5 Å². The predicted octanol–water partition coefficient (Wildman–Crippen LogP) is 3.28. The van der Waals surface area contributed by atoms with Gasteiger partial charge in [0, 0.05) is 31.7 Å². The van der Waals surface area contributed by atoms with E-state index in [9.17, 15) is 26.4 Å². The SMILES string of the molecule is O=C(c1cc(Cl)c2c(c1)OCCO2)N1CCN(S(=O)(=O)c2cccc(C(F)(F)F)c2)CC1. The highest BCUT2D eigenvalue weighted by Gasteiger charge is 2.35. The quantitative estimate of drug-likeness (QED) is 0.660. The maximum absolute atomic E-state index is 13.0. The highest BCUT2D eigenvalue weighted by atomic mass is 35.5. The number of hydrogen-bond donors (Lipinski definition) is 0. The van der Waals surface area contributed by atoms with Gasteiger partial charge in [-0.15, -0.1) is 0 Å². The first-order chi connectivity index (χ1) is 15.1. The second-order valence-corrected chi connectivity index (χ2v) is 9.55. The molecular formula is C20H18ClF3N2O5S. The summed E-state index contributed by atoms with van der Waals surface area (Å²) in [5, 5.41) is 0.233. The summed E-state index contributed by atoms with van der Waals surface area (Å²) in [6.07, 6.45) is -4.65. The summed E-state index contributed by atoms with van der Waals surface area (Å²) in [5.74, 6) is 0.365. The fraction of sp³-hybridized carbons (Fsp3) is 0.350. The molecule has 2 heterocycles. The molecule has 1 saturated heterocycles. The van der Waals surface area contributed by atoms with Crippen LogP contribution in [0.25, 0.3) is 0 Å². The Kier molecular flexibility index (Phi) is 5.99. The fourth-order valence-electron chi connectivity index (χ4n) is 3.53. The topological polar surface area (TPSA) is 76.2 Å². The molecule has 4 rings (SSSR count). The molecule has 0 spiro atoms. The average molecular weight is 491 g/mol. The summed E-state index contributed by atoms with van der Waals surface area (Å²) >= 11 is 6.18. The molecule has 0 atom stereocenters. The van der Waals surface area contributed by atoms with Gasteiger partial charge in [-0.3, -0.25) is 4.79 Å². The van der Waals surface area contributed by atoms with Gasteiger partial charge < -0.3 is 14.4 Å². The molecule has 0 aliphatic carbocycles. The molecule has 0 unspecified atom stereocenters. The summed E-state index contributed by atoms with van der Waals surface area (Å²) < 4.78 is 76.5. The molecule has 1 amide bonds. The van der Waals surface area contributed by atoms with Crippen molar-refractivity contribution in [3.8, 4) is 11.5 Å². The lowest BCUT2D eigenvalue weighted by Gasteiger charge is -2.34. The van der Waals surface area contributed by atoms with Crippen LogP contribution in [-0.4, -0.2) is 62.9 Å². The van der Waals surface area contributed by atoms with Gasteiger partial charge in [-0.25, -0.2) is 8.42 Å². The summed E-state index contributed by atoms with van der Waals surface area (Å²) in [6, 6.07) is 6.59. The summed E-state index contributed by atoms with van der Waals surface area (Å²) in [4.78, 5) is 13.9. The zero-order valence-electron chi connectivity index (χ0n) is 16.6. The van der Waals surface area contributed by atoms with E-state index < -0.39 is 26.7 Å². The molecule has 2 aliphatic heterocycles. The lowest BCUT2D eigenvalue weighted by Crippen LogP contribution is -2.50. The minimum absolute atomic E-state index is 0.0530. The summed E-state index contributed by atoms with van der Waals surface area (Å²) in [5.41, 5.74) is -0.767. The molecule has 0 aromatic heterocycles. The van der Waals surface area contributed by atoms with Crippen molar-refractivity contribution in [1.82, 2.24) is 9.21 Å².